The van der Waals surface area contributed by atoms with E-state index in [1.165, 1.54) is 17.2 Å². The zero-order valence-corrected chi connectivity index (χ0v) is 13.7. The molecule has 1 heterocycles. The average Bonchev–Trinajstić information content (AvgIpc) is 2.90. The van der Waals surface area contributed by atoms with E-state index in [4.69, 9.17) is 5.11 Å². The largest absolute Gasteiger partial charge is 0.477 e. The van der Waals surface area contributed by atoms with Gasteiger partial charge in [0.15, 0.2) is 0 Å². The minimum Gasteiger partial charge on any atom is -0.477 e. The Morgan fingerprint density at radius 2 is 1.77 bits per heavy atom. The molecule has 1 amide bonds. The Labute approximate surface area is 133 Å². The molecule has 0 atom stereocenters. The summed E-state index contributed by atoms with van der Waals surface area (Å²) >= 11 is 0.988. The quantitative estimate of drug-likeness (QED) is 0.887. The Bertz CT molecular complexity index is 703. The summed E-state index contributed by atoms with van der Waals surface area (Å²) < 4.78 is 0. The van der Waals surface area contributed by atoms with Gasteiger partial charge in [-0.1, -0.05) is 24.3 Å². The van der Waals surface area contributed by atoms with Crippen LogP contribution in [0.2, 0.25) is 0 Å². The van der Waals surface area contributed by atoms with Crippen LogP contribution < -0.4 is 5.32 Å². The lowest BCUT2D eigenvalue weighted by Crippen LogP contribution is -2.45. The number of rotatable bonds is 5. The van der Waals surface area contributed by atoms with Gasteiger partial charge in [-0.3, -0.25) is 4.79 Å². The van der Waals surface area contributed by atoms with Crippen molar-refractivity contribution in [3.63, 3.8) is 0 Å². The normalized spacial score (nSPS) is 11.2. The maximum Gasteiger partial charge on any atom is 0.345 e. The maximum absolute atomic E-state index is 12.3. The first-order valence-corrected chi connectivity index (χ1v) is 7.80. The van der Waals surface area contributed by atoms with E-state index in [1.54, 1.807) is 6.07 Å². The van der Waals surface area contributed by atoms with Crippen molar-refractivity contribution in [3.05, 3.63) is 57.3 Å². The van der Waals surface area contributed by atoms with Gasteiger partial charge in [0.2, 0.25) is 0 Å². The summed E-state index contributed by atoms with van der Waals surface area (Å²) in [4.78, 5) is 23.7. The Hall–Kier alpha value is -2.14. The third kappa shape index (κ3) is 3.95. The standard InChI is InChI=1S/C17H19NO3S/c1-11-6-4-5-7-12(11)10-17(2,3)18-15(19)13-8-9-14(22-13)16(20)21/h4-9H,10H2,1-3H3,(H,18,19)(H,20,21). The average molecular weight is 317 g/mol. The molecule has 0 fully saturated rings. The lowest BCUT2D eigenvalue weighted by molar-refractivity contribution is 0.0702. The van der Waals surface area contributed by atoms with Gasteiger partial charge in [-0.2, -0.15) is 0 Å². The lowest BCUT2D eigenvalue weighted by Gasteiger charge is -2.27. The number of thiophene rings is 1. The molecule has 2 N–H and O–H groups in total. The molecule has 22 heavy (non-hydrogen) atoms. The minimum absolute atomic E-state index is 0.168. The summed E-state index contributed by atoms with van der Waals surface area (Å²) in [6.45, 7) is 5.97. The van der Waals surface area contributed by atoms with Crippen molar-refractivity contribution < 1.29 is 14.7 Å². The number of carbonyl (C=O) groups is 2. The van der Waals surface area contributed by atoms with E-state index in [2.05, 4.69) is 11.4 Å². The van der Waals surface area contributed by atoms with E-state index in [0.717, 1.165) is 11.3 Å². The first-order chi connectivity index (χ1) is 10.3. The molecule has 4 nitrogen and oxygen atoms in total. The molecule has 0 aliphatic carbocycles. The van der Waals surface area contributed by atoms with Gasteiger partial charge in [-0.05, 0) is 50.5 Å². The topological polar surface area (TPSA) is 66.4 Å². The number of nitrogens with one attached hydrogen (secondary N) is 1. The number of aromatic carboxylic acids is 1. The second kappa shape index (κ2) is 6.32. The third-order valence-electron chi connectivity index (χ3n) is 3.39. The van der Waals surface area contributed by atoms with E-state index in [-0.39, 0.29) is 10.8 Å². The highest BCUT2D eigenvalue weighted by Crippen LogP contribution is 2.20. The number of hydrogen-bond acceptors (Lipinski definition) is 3. The van der Waals surface area contributed by atoms with E-state index < -0.39 is 11.5 Å². The van der Waals surface area contributed by atoms with Crippen molar-refractivity contribution in [2.45, 2.75) is 32.7 Å². The molecule has 0 spiro atoms. The second-order valence-electron chi connectivity index (χ2n) is 5.91. The van der Waals surface area contributed by atoms with Crippen molar-refractivity contribution in [3.8, 4) is 0 Å². The van der Waals surface area contributed by atoms with E-state index >= 15 is 0 Å². The van der Waals surface area contributed by atoms with Crippen LogP contribution >= 0.6 is 11.3 Å². The van der Waals surface area contributed by atoms with E-state index in [9.17, 15) is 9.59 Å². The van der Waals surface area contributed by atoms with Crippen LogP contribution in [-0.2, 0) is 6.42 Å². The van der Waals surface area contributed by atoms with Gasteiger partial charge in [0, 0.05) is 5.54 Å². The highest BCUT2D eigenvalue weighted by Gasteiger charge is 2.23. The minimum atomic E-state index is -1.01. The molecule has 0 aliphatic rings. The number of amides is 1. The molecular weight excluding hydrogens is 298 g/mol. The molecule has 0 aliphatic heterocycles. The number of benzene rings is 1. The third-order valence-corrected chi connectivity index (χ3v) is 4.46. The fourth-order valence-electron chi connectivity index (χ4n) is 2.27. The van der Waals surface area contributed by atoms with Crippen molar-refractivity contribution in [2.75, 3.05) is 0 Å². The van der Waals surface area contributed by atoms with Gasteiger partial charge in [0.25, 0.3) is 5.91 Å². The van der Waals surface area contributed by atoms with Gasteiger partial charge in [0.1, 0.15) is 4.88 Å². The van der Waals surface area contributed by atoms with Crippen LogP contribution in [0.4, 0.5) is 0 Å². The van der Waals surface area contributed by atoms with Crippen molar-refractivity contribution >= 4 is 23.2 Å². The van der Waals surface area contributed by atoms with Crippen LogP contribution in [-0.4, -0.2) is 22.5 Å². The Kier molecular flexibility index (Phi) is 4.66. The van der Waals surface area contributed by atoms with E-state index in [0.29, 0.717) is 11.3 Å². The molecule has 2 rings (SSSR count). The van der Waals surface area contributed by atoms with Crippen LogP contribution in [0.5, 0.6) is 0 Å². The summed E-state index contributed by atoms with van der Waals surface area (Å²) in [5.74, 6) is -1.25. The second-order valence-corrected chi connectivity index (χ2v) is 6.99. The van der Waals surface area contributed by atoms with Gasteiger partial charge >= 0.3 is 5.97 Å². The monoisotopic (exact) mass is 317 g/mol. The zero-order chi connectivity index (χ0) is 16.3. The van der Waals surface area contributed by atoms with Crippen LogP contribution in [0, 0.1) is 6.92 Å². The number of carboxylic acid groups (broad SMARTS) is 1. The van der Waals surface area contributed by atoms with Crippen molar-refractivity contribution in [1.82, 2.24) is 5.32 Å². The summed E-state index contributed by atoms with van der Waals surface area (Å²) in [6.07, 6.45) is 0.711. The van der Waals surface area contributed by atoms with Crippen LogP contribution in [0.25, 0.3) is 0 Å². The molecule has 0 saturated heterocycles. The molecule has 1 aromatic heterocycles. The first-order valence-electron chi connectivity index (χ1n) is 6.99. The van der Waals surface area contributed by atoms with Crippen molar-refractivity contribution in [2.24, 2.45) is 0 Å². The molecule has 0 saturated carbocycles. The van der Waals surface area contributed by atoms with Gasteiger partial charge < -0.3 is 10.4 Å². The van der Waals surface area contributed by atoms with Gasteiger partial charge in [0.05, 0.1) is 4.88 Å². The number of carboxylic acids is 1. The van der Waals surface area contributed by atoms with Crippen LogP contribution in [0.15, 0.2) is 36.4 Å². The number of aryl methyl sites for hydroxylation is 1. The molecule has 116 valence electrons. The molecule has 5 heteroatoms. The Morgan fingerprint density at radius 3 is 2.36 bits per heavy atom. The lowest BCUT2D eigenvalue weighted by atomic mass is 9.92. The summed E-state index contributed by atoms with van der Waals surface area (Å²) in [6, 6.07) is 11.1. The van der Waals surface area contributed by atoms with Crippen LogP contribution in [0.3, 0.4) is 0 Å². The fourth-order valence-corrected chi connectivity index (χ4v) is 3.01. The van der Waals surface area contributed by atoms with E-state index in [1.807, 2.05) is 39.0 Å². The molecule has 0 bridgehead atoms. The predicted octanol–water partition coefficient (Wildman–Crippen LogP) is 3.51. The number of carbonyl (C=O) groups excluding carboxylic acids is 1. The Morgan fingerprint density at radius 1 is 1.14 bits per heavy atom. The maximum atomic E-state index is 12.3. The zero-order valence-electron chi connectivity index (χ0n) is 12.8. The van der Waals surface area contributed by atoms with Gasteiger partial charge in [-0.15, -0.1) is 11.3 Å². The highest BCUT2D eigenvalue weighted by atomic mass is 32.1. The molecule has 1 aromatic carbocycles. The smallest absolute Gasteiger partial charge is 0.345 e. The molecule has 0 radical (unpaired) electrons. The summed E-state index contributed by atoms with van der Waals surface area (Å²) in [5, 5.41) is 11.9. The highest BCUT2D eigenvalue weighted by molar-refractivity contribution is 7.15. The Balaban J connectivity index is 2.08. The van der Waals surface area contributed by atoms with Crippen molar-refractivity contribution in [1.29, 1.82) is 0 Å². The summed E-state index contributed by atoms with van der Waals surface area (Å²) in [5.41, 5.74) is 1.95. The first kappa shape index (κ1) is 16.2. The molecular formula is C17H19NO3S. The molecule has 2 aromatic rings. The van der Waals surface area contributed by atoms with Gasteiger partial charge in [-0.25, -0.2) is 4.79 Å². The molecule has 0 unspecified atom stereocenters. The van der Waals surface area contributed by atoms with Crippen LogP contribution in [0.1, 0.15) is 44.3 Å². The number of hydrogen-bond donors (Lipinski definition) is 2. The summed E-state index contributed by atoms with van der Waals surface area (Å²) in [7, 11) is 0. The fraction of sp³-hybridized carbons (Fsp3) is 0.294. The predicted molar refractivity (Wildman–Crippen MR) is 87.7 cm³/mol. The SMILES string of the molecule is Cc1ccccc1CC(C)(C)NC(=O)c1ccc(C(=O)O)s1.